The Morgan fingerprint density at radius 2 is 1.32 bits per heavy atom. The van der Waals surface area contributed by atoms with E-state index in [-0.39, 0.29) is 5.92 Å². The highest BCUT2D eigenvalue weighted by molar-refractivity contribution is 4.89. The lowest BCUT2D eigenvalue weighted by Gasteiger charge is -2.24. The highest BCUT2D eigenvalue weighted by Gasteiger charge is 2.16. The Bertz CT molecular complexity index is 306. The first-order valence-electron chi connectivity index (χ1n) is 8.10. The monoisotopic (exact) mass is 316 g/mol. The van der Waals surface area contributed by atoms with Crippen molar-refractivity contribution in [3.05, 3.63) is 37.5 Å². The molecule has 0 aliphatic heterocycles. The van der Waals surface area contributed by atoms with Crippen LogP contribution in [0, 0.1) is 29.1 Å². The van der Waals surface area contributed by atoms with Gasteiger partial charge in [0.1, 0.15) is 0 Å². The number of rotatable bonds is 5. The Morgan fingerprint density at radius 3 is 1.32 bits per heavy atom. The third-order valence-corrected chi connectivity index (χ3v) is 3.90. The van der Waals surface area contributed by atoms with E-state index in [0.29, 0.717) is 17.3 Å². The van der Waals surface area contributed by atoms with E-state index < -0.39 is 6.08 Å². The van der Waals surface area contributed by atoms with E-state index >= 15 is 0 Å². The van der Waals surface area contributed by atoms with E-state index in [1.807, 2.05) is 12.2 Å². The zero-order valence-electron chi connectivity index (χ0n) is 16.2. The first kappa shape index (κ1) is 26.0. The topological polar surface area (TPSA) is 0 Å². The summed E-state index contributed by atoms with van der Waals surface area (Å²) in [7, 11) is 0. The summed E-state index contributed by atoms with van der Waals surface area (Å²) >= 11 is 0. The zero-order valence-corrected chi connectivity index (χ0v) is 16.2. The van der Waals surface area contributed by atoms with Crippen molar-refractivity contribution in [2.75, 3.05) is 0 Å². The summed E-state index contributed by atoms with van der Waals surface area (Å²) in [4.78, 5) is 0. The molecule has 22 heavy (non-hydrogen) atoms. The zero-order chi connectivity index (χ0) is 18.5. The second kappa shape index (κ2) is 13.7. The third kappa shape index (κ3) is 19.1. The van der Waals surface area contributed by atoms with Gasteiger partial charge in [-0.1, -0.05) is 74.5 Å². The normalized spacial score (nSPS) is 11.9. The van der Waals surface area contributed by atoms with Gasteiger partial charge in [0.2, 0.25) is 0 Å². The highest BCUT2D eigenvalue weighted by Crippen LogP contribution is 2.26. The second-order valence-electron chi connectivity index (χ2n) is 7.22. The molecule has 1 unspecified atom stereocenters. The minimum atomic E-state index is -1.59. The van der Waals surface area contributed by atoms with Crippen LogP contribution in [-0.4, -0.2) is 0 Å². The predicted octanol–water partition coefficient (Wildman–Crippen LogP) is 7.74. The van der Waals surface area contributed by atoms with Crippen molar-refractivity contribution < 1.29 is 8.78 Å². The molecule has 0 aromatic carbocycles. The van der Waals surface area contributed by atoms with Crippen LogP contribution >= 0.6 is 0 Å². The van der Waals surface area contributed by atoms with Crippen molar-refractivity contribution >= 4 is 0 Å². The maximum absolute atomic E-state index is 11.1. The van der Waals surface area contributed by atoms with Gasteiger partial charge < -0.3 is 0 Å². The summed E-state index contributed by atoms with van der Waals surface area (Å²) in [6, 6.07) is 0. The molecule has 1 atom stereocenters. The number of hydrogen-bond donors (Lipinski definition) is 0. The molecule has 0 saturated carbocycles. The van der Waals surface area contributed by atoms with Gasteiger partial charge in [0.25, 0.3) is 6.08 Å². The molecule has 132 valence electrons. The Morgan fingerprint density at radius 1 is 0.909 bits per heavy atom. The fourth-order valence-electron chi connectivity index (χ4n) is 0.760. The molecule has 0 radical (unpaired) electrons. The van der Waals surface area contributed by atoms with Gasteiger partial charge in [0, 0.05) is 0 Å². The van der Waals surface area contributed by atoms with Crippen LogP contribution in [0.2, 0.25) is 0 Å². The molecule has 2 heteroatoms. The van der Waals surface area contributed by atoms with Gasteiger partial charge in [-0.2, -0.15) is 8.78 Å². The number of halogens is 2. The van der Waals surface area contributed by atoms with Crippen molar-refractivity contribution in [1.82, 2.24) is 0 Å². The van der Waals surface area contributed by atoms with Crippen molar-refractivity contribution in [3.8, 4) is 0 Å². The van der Waals surface area contributed by atoms with E-state index in [2.05, 4.69) is 61.6 Å². The van der Waals surface area contributed by atoms with Crippen LogP contribution in [0.25, 0.3) is 0 Å². The Balaban J connectivity index is -0.000000247. The van der Waals surface area contributed by atoms with Gasteiger partial charge in [-0.05, 0) is 35.2 Å². The van der Waals surface area contributed by atoms with Crippen molar-refractivity contribution in [3.63, 3.8) is 0 Å². The molecule has 0 rings (SSSR count). The fraction of sp³-hybridized carbons (Fsp3) is 0.700. The van der Waals surface area contributed by atoms with E-state index in [0.717, 1.165) is 12.0 Å². The van der Waals surface area contributed by atoms with Crippen LogP contribution in [0.15, 0.2) is 37.5 Å². The van der Waals surface area contributed by atoms with Gasteiger partial charge in [0.15, 0.2) is 0 Å². The van der Waals surface area contributed by atoms with Crippen LogP contribution in [0.1, 0.15) is 62.3 Å². The minimum Gasteiger partial charge on any atom is -0.174 e. The molecule has 0 spiro atoms. The van der Waals surface area contributed by atoms with E-state index in [1.165, 1.54) is 0 Å². The van der Waals surface area contributed by atoms with Gasteiger partial charge >= 0.3 is 0 Å². The Kier molecular flexibility index (Phi) is 16.2. The molecule has 0 nitrogen and oxygen atoms in total. The van der Waals surface area contributed by atoms with Crippen LogP contribution < -0.4 is 0 Å². The van der Waals surface area contributed by atoms with Crippen molar-refractivity contribution in [1.29, 1.82) is 0 Å². The molecule has 0 aromatic heterocycles. The van der Waals surface area contributed by atoms with Crippen LogP contribution in [0.5, 0.6) is 0 Å². The molecule has 0 fully saturated rings. The van der Waals surface area contributed by atoms with Crippen molar-refractivity contribution in [2.24, 2.45) is 29.1 Å². The average Bonchev–Trinajstić information content (AvgIpc) is 2.37. The lowest BCUT2D eigenvalue weighted by molar-refractivity contribution is 0.334. The summed E-state index contributed by atoms with van der Waals surface area (Å²) in [6.45, 7) is 26.2. The average molecular weight is 317 g/mol. The quantitative estimate of drug-likeness (QED) is 0.455. The summed E-state index contributed by atoms with van der Waals surface area (Å²) in [5, 5.41) is 0. The van der Waals surface area contributed by atoms with Gasteiger partial charge in [-0.3, -0.25) is 0 Å². The fourth-order valence-corrected chi connectivity index (χ4v) is 0.760. The highest BCUT2D eigenvalue weighted by atomic mass is 19.3. The molecule has 0 amide bonds. The first-order valence-corrected chi connectivity index (χ1v) is 8.10. The molecule has 0 bridgehead atoms. The molecule has 0 heterocycles. The molecule has 0 aliphatic carbocycles. The van der Waals surface area contributed by atoms with Crippen LogP contribution in [0.3, 0.4) is 0 Å². The summed E-state index contributed by atoms with van der Waals surface area (Å²) in [5.74, 6) is 2.07. The number of hydrogen-bond acceptors (Lipinski definition) is 0. The predicted molar refractivity (Wildman–Crippen MR) is 98.2 cm³/mol. The van der Waals surface area contributed by atoms with Gasteiger partial charge in [0.05, 0.1) is 0 Å². The SMILES string of the molecule is C=CC(C)(C)C(C)C.C=CC(C)C(C)C.CC(C)C=C(F)F. The lowest BCUT2D eigenvalue weighted by atomic mass is 9.82. The molecular formula is C20H38F2. The summed E-state index contributed by atoms with van der Waals surface area (Å²) in [5.41, 5.74) is 0.306. The smallest absolute Gasteiger partial charge is 0.174 e. The minimum absolute atomic E-state index is 0.0370. The lowest BCUT2D eigenvalue weighted by Crippen LogP contribution is -2.14. The van der Waals surface area contributed by atoms with E-state index in [9.17, 15) is 8.78 Å². The Labute approximate surface area is 138 Å². The molecular weight excluding hydrogens is 278 g/mol. The van der Waals surface area contributed by atoms with E-state index in [1.54, 1.807) is 13.8 Å². The molecule has 0 saturated heterocycles. The van der Waals surface area contributed by atoms with Crippen molar-refractivity contribution in [2.45, 2.75) is 62.3 Å². The van der Waals surface area contributed by atoms with Gasteiger partial charge in [-0.25, -0.2) is 0 Å². The standard InChI is InChI=1S/C8H16.C7H14.C5H8F2/c1-6-8(4,5)7(2)3;1-5-7(4)6(2)3;1-4(2)3-5(6)7/h6-7H,1H2,2-5H3;5-7H,1H2,2-4H3;3-4H,1-2H3. The largest absolute Gasteiger partial charge is 0.266 e. The molecule has 0 aromatic rings. The number of allylic oxidation sites excluding steroid dienone is 3. The first-order chi connectivity index (χ1) is 9.81. The maximum Gasteiger partial charge on any atom is 0.266 e. The Hall–Kier alpha value is -0.920. The van der Waals surface area contributed by atoms with E-state index in [4.69, 9.17) is 0 Å². The molecule has 0 aliphatic rings. The third-order valence-electron chi connectivity index (χ3n) is 3.90. The summed E-state index contributed by atoms with van der Waals surface area (Å²) in [6.07, 6.45) is 3.33. The second-order valence-corrected chi connectivity index (χ2v) is 7.22. The molecule has 0 N–H and O–H groups in total. The maximum atomic E-state index is 11.1. The summed E-state index contributed by atoms with van der Waals surface area (Å²) < 4.78 is 22.3. The van der Waals surface area contributed by atoms with Gasteiger partial charge in [-0.15, -0.1) is 13.2 Å². The van der Waals surface area contributed by atoms with Crippen LogP contribution in [-0.2, 0) is 0 Å². The van der Waals surface area contributed by atoms with Crippen LogP contribution in [0.4, 0.5) is 8.78 Å².